The van der Waals surface area contributed by atoms with Gasteiger partial charge in [-0.05, 0) is 19.3 Å². The van der Waals surface area contributed by atoms with Crippen molar-refractivity contribution in [3.8, 4) is 0 Å². The van der Waals surface area contributed by atoms with Gasteiger partial charge in [-0.25, -0.2) is 14.4 Å². The first-order valence-corrected chi connectivity index (χ1v) is 9.09. The average Bonchev–Trinajstić information content (AvgIpc) is 3.17. The van der Waals surface area contributed by atoms with Crippen molar-refractivity contribution in [3.05, 3.63) is 47.9 Å². The summed E-state index contributed by atoms with van der Waals surface area (Å²) in [5, 5.41) is 7.22. The van der Waals surface area contributed by atoms with E-state index in [1.807, 2.05) is 0 Å². The maximum Gasteiger partial charge on any atom is 0.296 e. The van der Waals surface area contributed by atoms with Crippen LogP contribution in [-0.2, 0) is 10.7 Å². The normalized spacial score (nSPS) is 23.2. The number of fused-ring (bicyclic) bond motifs is 1. The van der Waals surface area contributed by atoms with Crippen LogP contribution in [0.4, 0.5) is 19.0 Å². The van der Waals surface area contributed by atoms with Gasteiger partial charge in [0.05, 0.1) is 17.7 Å². The number of nitrogens with one attached hydrogen (secondary N) is 1. The Hall–Kier alpha value is -2.68. The fourth-order valence-corrected chi connectivity index (χ4v) is 3.54. The second kappa shape index (κ2) is 7.38. The van der Waals surface area contributed by atoms with Crippen molar-refractivity contribution in [1.82, 2.24) is 20.2 Å². The van der Waals surface area contributed by atoms with Gasteiger partial charge in [0.1, 0.15) is 24.4 Å². The number of H-pyrrole nitrogens is 1. The summed E-state index contributed by atoms with van der Waals surface area (Å²) in [6, 6.07) is 7.40. The van der Waals surface area contributed by atoms with Gasteiger partial charge in [-0.1, -0.05) is 30.3 Å². The minimum absolute atomic E-state index is 0.0979. The van der Waals surface area contributed by atoms with Crippen LogP contribution >= 0.6 is 0 Å². The Morgan fingerprint density at radius 1 is 1.18 bits per heavy atom. The van der Waals surface area contributed by atoms with Crippen molar-refractivity contribution in [3.63, 3.8) is 0 Å². The third-order valence-corrected chi connectivity index (χ3v) is 5.11. The van der Waals surface area contributed by atoms with E-state index < -0.39 is 24.8 Å². The van der Waals surface area contributed by atoms with E-state index in [1.165, 1.54) is 30.5 Å². The van der Waals surface area contributed by atoms with Crippen molar-refractivity contribution in [2.45, 2.75) is 43.4 Å². The number of hydrogen-bond acceptors (Lipinski definition) is 5. The lowest BCUT2D eigenvalue weighted by atomic mass is 9.85. The molecule has 0 aliphatic heterocycles. The van der Waals surface area contributed by atoms with Crippen LogP contribution in [0, 0.1) is 0 Å². The molecule has 1 aromatic carbocycles. The minimum atomic E-state index is -3.17. The Balaban J connectivity index is 1.39. The molecule has 3 aromatic rings. The van der Waals surface area contributed by atoms with E-state index in [0.29, 0.717) is 29.7 Å². The number of anilines is 1. The topological polar surface area (TPSA) is 89.7 Å². The molecule has 0 spiro atoms. The Kier molecular flexibility index (Phi) is 4.92. The molecule has 0 saturated heterocycles. The number of nitrogen functional groups attached to an aromatic ring is 1. The van der Waals surface area contributed by atoms with Crippen molar-refractivity contribution in [1.29, 1.82) is 0 Å². The number of halogens is 3. The van der Waals surface area contributed by atoms with E-state index in [4.69, 9.17) is 10.5 Å². The van der Waals surface area contributed by atoms with Crippen LogP contribution in [0.1, 0.15) is 36.6 Å². The average molecular weight is 391 g/mol. The fourth-order valence-electron chi connectivity index (χ4n) is 3.54. The molecular weight excluding hydrogens is 371 g/mol. The first-order valence-electron chi connectivity index (χ1n) is 9.09. The summed E-state index contributed by atoms with van der Waals surface area (Å²) in [6.45, 7) is -0.851. The molecule has 6 nitrogen and oxygen atoms in total. The summed E-state index contributed by atoms with van der Waals surface area (Å²) in [7, 11) is 0. The lowest BCUT2D eigenvalue weighted by molar-refractivity contribution is -0.127. The zero-order valence-corrected chi connectivity index (χ0v) is 15.0. The SMILES string of the molecule is Nc1nc(C2CCC(OCC(F)(F)c3ccccc3)C(F)C2)nc2[nH]ncc12. The van der Waals surface area contributed by atoms with Gasteiger partial charge in [0.25, 0.3) is 5.92 Å². The molecule has 1 fully saturated rings. The van der Waals surface area contributed by atoms with Crippen molar-refractivity contribution in [2.75, 3.05) is 12.3 Å². The lowest BCUT2D eigenvalue weighted by Gasteiger charge is -2.32. The predicted molar refractivity (Wildman–Crippen MR) is 97.7 cm³/mol. The molecule has 2 aromatic heterocycles. The van der Waals surface area contributed by atoms with E-state index in [9.17, 15) is 13.2 Å². The van der Waals surface area contributed by atoms with E-state index >= 15 is 0 Å². The van der Waals surface area contributed by atoms with Gasteiger partial charge >= 0.3 is 0 Å². The van der Waals surface area contributed by atoms with E-state index in [-0.39, 0.29) is 23.7 Å². The largest absolute Gasteiger partial charge is 0.383 e. The Morgan fingerprint density at radius 3 is 2.71 bits per heavy atom. The van der Waals surface area contributed by atoms with Crippen LogP contribution < -0.4 is 5.73 Å². The highest BCUT2D eigenvalue weighted by Crippen LogP contribution is 2.37. The van der Waals surface area contributed by atoms with Gasteiger partial charge in [-0.2, -0.15) is 13.9 Å². The summed E-state index contributed by atoms with van der Waals surface area (Å²) in [5.41, 5.74) is 6.26. The number of rotatable bonds is 5. The number of hydrogen-bond donors (Lipinski definition) is 2. The van der Waals surface area contributed by atoms with E-state index in [0.717, 1.165) is 0 Å². The molecule has 0 radical (unpaired) electrons. The summed E-state index contributed by atoms with van der Waals surface area (Å²) in [6.07, 6.45) is 0.207. The highest BCUT2D eigenvalue weighted by molar-refractivity contribution is 5.84. The Morgan fingerprint density at radius 2 is 1.96 bits per heavy atom. The van der Waals surface area contributed by atoms with Crippen LogP contribution in [0.25, 0.3) is 11.0 Å². The summed E-state index contributed by atoms with van der Waals surface area (Å²) < 4.78 is 48.4. The van der Waals surface area contributed by atoms with Gasteiger partial charge in [0.15, 0.2) is 5.65 Å². The second-order valence-corrected chi connectivity index (χ2v) is 7.05. The number of aromatic amines is 1. The van der Waals surface area contributed by atoms with Crippen LogP contribution in [0.5, 0.6) is 0 Å². The van der Waals surface area contributed by atoms with Crippen LogP contribution in [0.15, 0.2) is 36.5 Å². The molecule has 1 saturated carbocycles. The molecule has 3 atom stereocenters. The third kappa shape index (κ3) is 3.66. The summed E-state index contributed by atoms with van der Waals surface area (Å²) in [4.78, 5) is 8.63. The van der Waals surface area contributed by atoms with Crippen molar-refractivity contribution >= 4 is 16.9 Å². The molecule has 3 N–H and O–H groups in total. The Labute approximate surface area is 159 Å². The first kappa shape index (κ1) is 18.7. The predicted octanol–water partition coefficient (Wildman–Crippen LogP) is 3.72. The van der Waals surface area contributed by atoms with Gasteiger partial charge in [0, 0.05) is 11.5 Å². The third-order valence-electron chi connectivity index (χ3n) is 5.11. The number of benzene rings is 1. The highest BCUT2D eigenvalue weighted by Gasteiger charge is 2.38. The summed E-state index contributed by atoms with van der Waals surface area (Å²) >= 11 is 0. The van der Waals surface area contributed by atoms with Crippen LogP contribution in [0.2, 0.25) is 0 Å². The quantitative estimate of drug-likeness (QED) is 0.692. The van der Waals surface area contributed by atoms with Gasteiger partial charge < -0.3 is 10.5 Å². The van der Waals surface area contributed by atoms with Gasteiger partial charge in [-0.15, -0.1) is 0 Å². The number of alkyl halides is 3. The second-order valence-electron chi connectivity index (χ2n) is 7.05. The van der Waals surface area contributed by atoms with Crippen molar-refractivity contribution in [2.24, 2.45) is 0 Å². The zero-order valence-electron chi connectivity index (χ0n) is 15.0. The van der Waals surface area contributed by atoms with E-state index in [1.54, 1.807) is 6.07 Å². The molecule has 1 aliphatic rings. The van der Waals surface area contributed by atoms with Crippen LogP contribution in [0.3, 0.4) is 0 Å². The number of nitrogens with zero attached hydrogens (tertiary/aromatic N) is 3. The number of nitrogens with two attached hydrogens (primary N) is 1. The molecule has 0 amide bonds. The Bertz CT molecular complexity index is 949. The zero-order chi connectivity index (χ0) is 19.7. The fraction of sp³-hybridized carbons (Fsp3) is 0.421. The van der Waals surface area contributed by atoms with Gasteiger partial charge in [0.2, 0.25) is 0 Å². The molecule has 0 bridgehead atoms. The molecule has 1 aliphatic carbocycles. The first-order chi connectivity index (χ1) is 13.4. The smallest absolute Gasteiger partial charge is 0.296 e. The molecular formula is C19H20F3N5O. The highest BCUT2D eigenvalue weighted by atomic mass is 19.3. The maximum absolute atomic E-state index is 14.6. The molecule has 2 heterocycles. The number of aromatic nitrogens is 4. The molecule has 4 rings (SSSR count). The summed E-state index contributed by atoms with van der Waals surface area (Å²) in [5.74, 6) is -2.70. The standard InChI is InChI=1S/C19H20F3N5O/c20-14-8-11(17-25-16(23)13-9-24-27-18(13)26-17)6-7-15(14)28-10-19(21,22)12-4-2-1-3-5-12/h1-5,9,11,14-15H,6-8,10H2,(H3,23,24,25,26,27). The van der Waals surface area contributed by atoms with E-state index in [2.05, 4.69) is 20.2 Å². The monoisotopic (exact) mass is 391 g/mol. The molecule has 148 valence electrons. The molecule has 3 unspecified atom stereocenters. The molecule has 28 heavy (non-hydrogen) atoms. The maximum atomic E-state index is 14.6. The van der Waals surface area contributed by atoms with Crippen molar-refractivity contribution < 1.29 is 17.9 Å². The molecule has 9 heteroatoms. The number of ether oxygens (including phenoxy) is 1. The van der Waals surface area contributed by atoms with Crippen LogP contribution in [-0.4, -0.2) is 39.0 Å². The minimum Gasteiger partial charge on any atom is -0.383 e. The van der Waals surface area contributed by atoms with Gasteiger partial charge in [-0.3, -0.25) is 5.10 Å². The lowest BCUT2D eigenvalue weighted by Crippen LogP contribution is -2.36.